The number of carbonyl (C=O) groups excluding carboxylic acids is 1. The van der Waals surface area contributed by atoms with Crippen LogP contribution in [0.25, 0.3) is 0 Å². The molecule has 5 heteroatoms. The molecule has 0 saturated carbocycles. The normalized spacial score (nSPS) is 10.4. The molecule has 0 aliphatic heterocycles. The topological polar surface area (TPSA) is 66.4 Å². The number of carboxylic acids is 1. The van der Waals surface area contributed by atoms with Gasteiger partial charge in [0.15, 0.2) is 0 Å². The molecule has 0 aliphatic carbocycles. The number of hydrogen-bond donors (Lipinski definition) is 2. The first-order valence-corrected chi connectivity index (χ1v) is 8.88. The average Bonchev–Trinajstić information content (AvgIpc) is 2.67. The van der Waals surface area contributed by atoms with Gasteiger partial charge in [0.05, 0.1) is 10.6 Å². The highest BCUT2D eigenvalue weighted by atomic mass is 35.5. The molecule has 0 radical (unpaired) electrons. The van der Waals surface area contributed by atoms with Crippen molar-refractivity contribution in [3.05, 3.63) is 100 Å². The van der Waals surface area contributed by atoms with Crippen molar-refractivity contribution >= 4 is 29.2 Å². The van der Waals surface area contributed by atoms with E-state index in [-0.39, 0.29) is 16.5 Å². The molecule has 136 valence electrons. The minimum absolute atomic E-state index is 0.00192. The predicted molar refractivity (Wildman–Crippen MR) is 107 cm³/mol. The first-order chi connectivity index (χ1) is 13.0. The molecule has 0 heterocycles. The second kappa shape index (κ2) is 8.52. The van der Waals surface area contributed by atoms with Crippen LogP contribution in [0.4, 0.5) is 5.69 Å². The molecule has 0 aromatic heterocycles. The molecule has 1 amide bonds. The van der Waals surface area contributed by atoms with Gasteiger partial charge in [-0.1, -0.05) is 60.1 Å². The number of carboxylic acid groups (broad SMARTS) is 1. The smallest absolute Gasteiger partial charge is 0.337 e. The van der Waals surface area contributed by atoms with Crippen molar-refractivity contribution in [2.45, 2.75) is 12.8 Å². The Kier molecular flexibility index (Phi) is 5.89. The van der Waals surface area contributed by atoms with Gasteiger partial charge >= 0.3 is 5.97 Å². The summed E-state index contributed by atoms with van der Waals surface area (Å²) in [5.74, 6) is -1.36. The molecular formula is C22H18ClNO3. The summed E-state index contributed by atoms with van der Waals surface area (Å²) in [4.78, 5) is 23.7. The van der Waals surface area contributed by atoms with Crippen LogP contribution in [-0.4, -0.2) is 17.0 Å². The van der Waals surface area contributed by atoms with E-state index in [9.17, 15) is 9.59 Å². The summed E-state index contributed by atoms with van der Waals surface area (Å²) in [7, 11) is 0. The Morgan fingerprint density at radius 2 is 1.56 bits per heavy atom. The number of amides is 1. The summed E-state index contributed by atoms with van der Waals surface area (Å²) < 4.78 is 0. The van der Waals surface area contributed by atoms with E-state index in [2.05, 4.69) is 17.4 Å². The third kappa shape index (κ3) is 4.74. The van der Waals surface area contributed by atoms with Crippen LogP contribution in [-0.2, 0) is 12.8 Å². The fraction of sp³-hybridized carbons (Fsp3) is 0.0909. The minimum Gasteiger partial charge on any atom is -0.478 e. The predicted octanol–water partition coefficient (Wildman–Crippen LogP) is 5.08. The van der Waals surface area contributed by atoms with Crippen LogP contribution in [0, 0.1) is 0 Å². The van der Waals surface area contributed by atoms with E-state index in [0.29, 0.717) is 11.3 Å². The Balaban J connectivity index is 1.75. The number of benzene rings is 3. The summed E-state index contributed by atoms with van der Waals surface area (Å²) in [5.41, 5.74) is 3.20. The molecule has 0 aliphatic rings. The lowest BCUT2D eigenvalue weighted by molar-refractivity contribution is 0.0697. The second-order valence-corrected chi connectivity index (χ2v) is 6.50. The Morgan fingerprint density at radius 3 is 2.26 bits per heavy atom. The zero-order valence-electron chi connectivity index (χ0n) is 14.5. The maximum Gasteiger partial charge on any atom is 0.337 e. The quantitative estimate of drug-likeness (QED) is 0.628. The van der Waals surface area contributed by atoms with Gasteiger partial charge in [0.25, 0.3) is 5.91 Å². The van der Waals surface area contributed by atoms with Crippen LogP contribution in [0.3, 0.4) is 0 Å². The van der Waals surface area contributed by atoms with Gasteiger partial charge in [-0.05, 0) is 48.2 Å². The standard InChI is InChI=1S/C22H18ClNO3/c23-20-14-17(12-13-19(20)22(26)27)24-21(25)18-9-5-4-8-16(18)11-10-15-6-2-1-3-7-15/h1-9,12-14H,10-11H2,(H,24,25)(H,26,27). The number of carbonyl (C=O) groups is 2. The highest BCUT2D eigenvalue weighted by molar-refractivity contribution is 6.33. The molecule has 3 aromatic carbocycles. The molecule has 0 atom stereocenters. The Hall–Kier alpha value is -3.11. The average molecular weight is 380 g/mol. The lowest BCUT2D eigenvalue weighted by Crippen LogP contribution is -2.15. The van der Waals surface area contributed by atoms with Crippen molar-refractivity contribution in [2.24, 2.45) is 0 Å². The minimum atomic E-state index is -1.11. The zero-order valence-corrected chi connectivity index (χ0v) is 15.2. The van der Waals surface area contributed by atoms with E-state index >= 15 is 0 Å². The number of rotatable bonds is 6. The van der Waals surface area contributed by atoms with Crippen LogP contribution in [0.5, 0.6) is 0 Å². The zero-order chi connectivity index (χ0) is 19.2. The molecule has 0 saturated heterocycles. The lowest BCUT2D eigenvalue weighted by Gasteiger charge is -2.11. The number of halogens is 1. The Bertz CT molecular complexity index is 970. The summed E-state index contributed by atoms with van der Waals surface area (Å²) in [6.45, 7) is 0. The molecule has 3 rings (SSSR count). The molecule has 27 heavy (non-hydrogen) atoms. The molecule has 0 fully saturated rings. The highest BCUT2D eigenvalue weighted by Gasteiger charge is 2.13. The van der Waals surface area contributed by atoms with Crippen molar-refractivity contribution in [2.75, 3.05) is 5.32 Å². The van der Waals surface area contributed by atoms with E-state index in [0.717, 1.165) is 18.4 Å². The van der Waals surface area contributed by atoms with Crippen LogP contribution in [0.2, 0.25) is 5.02 Å². The lowest BCUT2D eigenvalue weighted by atomic mass is 9.99. The molecule has 0 bridgehead atoms. The largest absolute Gasteiger partial charge is 0.478 e. The van der Waals surface area contributed by atoms with Crippen molar-refractivity contribution in [3.63, 3.8) is 0 Å². The maximum atomic E-state index is 12.7. The molecule has 2 N–H and O–H groups in total. The number of anilines is 1. The Labute approximate surface area is 162 Å². The van der Waals surface area contributed by atoms with Crippen molar-refractivity contribution < 1.29 is 14.7 Å². The van der Waals surface area contributed by atoms with Gasteiger partial charge in [-0.3, -0.25) is 4.79 Å². The van der Waals surface area contributed by atoms with E-state index in [1.54, 1.807) is 6.07 Å². The first kappa shape index (κ1) is 18.7. The summed E-state index contributed by atoms with van der Waals surface area (Å²) in [5, 5.41) is 11.9. The van der Waals surface area contributed by atoms with E-state index in [1.165, 1.54) is 23.8 Å². The summed E-state index contributed by atoms with van der Waals surface area (Å²) >= 11 is 5.97. The highest BCUT2D eigenvalue weighted by Crippen LogP contribution is 2.22. The van der Waals surface area contributed by atoms with E-state index in [1.807, 2.05) is 36.4 Å². The van der Waals surface area contributed by atoms with Crippen LogP contribution >= 0.6 is 11.6 Å². The van der Waals surface area contributed by atoms with Crippen LogP contribution < -0.4 is 5.32 Å². The van der Waals surface area contributed by atoms with Crippen LogP contribution in [0.1, 0.15) is 31.8 Å². The third-order valence-corrected chi connectivity index (χ3v) is 4.56. The maximum absolute atomic E-state index is 12.7. The van der Waals surface area contributed by atoms with Crippen molar-refractivity contribution in [3.8, 4) is 0 Å². The SMILES string of the molecule is O=C(O)c1ccc(NC(=O)c2ccccc2CCc2ccccc2)cc1Cl. The molecular weight excluding hydrogens is 362 g/mol. The van der Waals surface area contributed by atoms with Gasteiger partial charge in [0.1, 0.15) is 0 Å². The monoisotopic (exact) mass is 379 g/mol. The number of hydrogen-bond acceptors (Lipinski definition) is 2. The van der Waals surface area contributed by atoms with Gasteiger partial charge in [0, 0.05) is 11.3 Å². The molecule has 0 spiro atoms. The third-order valence-electron chi connectivity index (χ3n) is 4.25. The number of aryl methyl sites for hydroxylation is 2. The van der Waals surface area contributed by atoms with Gasteiger partial charge in [-0.25, -0.2) is 4.79 Å². The van der Waals surface area contributed by atoms with E-state index < -0.39 is 5.97 Å². The van der Waals surface area contributed by atoms with Crippen molar-refractivity contribution in [1.29, 1.82) is 0 Å². The molecule has 3 aromatic rings. The second-order valence-electron chi connectivity index (χ2n) is 6.10. The van der Waals surface area contributed by atoms with Gasteiger partial charge in [-0.2, -0.15) is 0 Å². The molecule has 4 nitrogen and oxygen atoms in total. The summed E-state index contributed by atoms with van der Waals surface area (Å²) in [6.07, 6.45) is 1.58. The molecule has 0 unspecified atom stereocenters. The number of aromatic carboxylic acids is 1. The van der Waals surface area contributed by atoms with Crippen LogP contribution in [0.15, 0.2) is 72.8 Å². The number of nitrogens with one attached hydrogen (secondary N) is 1. The van der Waals surface area contributed by atoms with Crippen molar-refractivity contribution in [1.82, 2.24) is 0 Å². The fourth-order valence-corrected chi connectivity index (χ4v) is 3.11. The Morgan fingerprint density at radius 1 is 0.852 bits per heavy atom. The van der Waals surface area contributed by atoms with Gasteiger partial charge in [0.2, 0.25) is 0 Å². The van der Waals surface area contributed by atoms with Gasteiger partial charge in [-0.15, -0.1) is 0 Å². The first-order valence-electron chi connectivity index (χ1n) is 8.50. The summed E-state index contributed by atoms with van der Waals surface area (Å²) in [6, 6.07) is 21.9. The fourth-order valence-electron chi connectivity index (χ4n) is 2.85. The van der Waals surface area contributed by atoms with E-state index in [4.69, 9.17) is 16.7 Å². The van der Waals surface area contributed by atoms with Gasteiger partial charge < -0.3 is 10.4 Å².